The van der Waals surface area contributed by atoms with Gasteiger partial charge >= 0.3 is 0 Å². The molecule has 0 aliphatic heterocycles. The molecule has 0 aliphatic rings. The van der Waals surface area contributed by atoms with Gasteiger partial charge in [0.1, 0.15) is 0 Å². The molecule has 0 saturated heterocycles. The number of rotatable bonds is 4. The second kappa shape index (κ2) is 4.94. The van der Waals surface area contributed by atoms with Crippen molar-refractivity contribution in [2.75, 3.05) is 0 Å². The summed E-state index contributed by atoms with van der Waals surface area (Å²) in [5, 5.41) is 3.87. The molecule has 0 bridgehead atoms. The Kier molecular flexibility index (Phi) is 3.52. The third-order valence-electron chi connectivity index (χ3n) is 2.52. The van der Waals surface area contributed by atoms with Gasteiger partial charge in [-0.1, -0.05) is 25.9 Å². The molecule has 5 heteroatoms. The molecule has 0 amide bonds. The Bertz CT molecular complexity index is 483. The number of hydrogen-bond donors (Lipinski definition) is 1. The van der Waals surface area contributed by atoms with Crippen LogP contribution in [0.5, 0.6) is 0 Å². The van der Waals surface area contributed by atoms with Crippen LogP contribution in [0.3, 0.4) is 0 Å². The highest BCUT2D eigenvalue weighted by atomic mass is 16.5. The van der Waals surface area contributed by atoms with Crippen LogP contribution in [0, 0.1) is 5.41 Å². The van der Waals surface area contributed by atoms with Gasteiger partial charge in [-0.25, -0.2) is 0 Å². The minimum absolute atomic E-state index is 0.0231. The Morgan fingerprint density at radius 3 is 2.78 bits per heavy atom. The van der Waals surface area contributed by atoms with Gasteiger partial charge in [-0.15, -0.1) is 0 Å². The molecule has 98 valence electrons. The zero-order chi connectivity index (χ0) is 13.2. The molecule has 0 saturated carbocycles. The van der Waals surface area contributed by atoms with Crippen LogP contribution in [-0.2, 0) is 6.42 Å². The highest BCUT2D eigenvalue weighted by molar-refractivity contribution is 5.44. The van der Waals surface area contributed by atoms with E-state index in [0.29, 0.717) is 23.9 Å². The molecular weight excluding hydrogens is 230 g/mol. The molecular formula is C13H19N3O2. The summed E-state index contributed by atoms with van der Waals surface area (Å²) in [6.07, 6.45) is 3.08. The average molecular weight is 249 g/mol. The molecule has 1 unspecified atom stereocenters. The van der Waals surface area contributed by atoms with Gasteiger partial charge in [-0.05, 0) is 24.0 Å². The number of furan rings is 1. The molecule has 2 N–H and O–H groups in total. The van der Waals surface area contributed by atoms with E-state index >= 15 is 0 Å². The topological polar surface area (TPSA) is 78.1 Å². The zero-order valence-corrected chi connectivity index (χ0v) is 11.0. The van der Waals surface area contributed by atoms with Crippen LogP contribution >= 0.6 is 0 Å². The summed E-state index contributed by atoms with van der Waals surface area (Å²) in [6, 6.07) is 3.61. The SMILES string of the molecule is CC(C)(C)CC(N)Cc1nc(-c2ccco2)no1. The van der Waals surface area contributed by atoms with Crippen molar-refractivity contribution in [1.82, 2.24) is 10.1 Å². The molecule has 2 heterocycles. The second-order valence-electron chi connectivity index (χ2n) is 5.72. The van der Waals surface area contributed by atoms with Crippen LogP contribution in [-0.4, -0.2) is 16.2 Å². The molecule has 1 atom stereocenters. The third-order valence-corrected chi connectivity index (χ3v) is 2.52. The fourth-order valence-electron chi connectivity index (χ4n) is 1.93. The number of hydrogen-bond acceptors (Lipinski definition) is 5. The molecule has 0 radical (unpaired) electrons. The van der Waals surface area contributed by atoms with E-state index in [4.69, 9.17) is 14.7 Å². The van der Waals surface area contributed by atoms with E-state index in [2.05, 4.69) is 30.9 Å². The second-order valence-corrected chi connectivity index (χ2v) is 5.72. The maximum absolute atomic E-state index is 6.07. The summed E-state index contributed by atoms with van der Waals surface area (Å²) in [4.78, 5) is 4.27. The lowest BCUT2D eigenvalue weighted by Gasteiger charge is -2.21. The monoisotopic (exact) mass is 249 g/mol. The molecule has 2 aromatic rings. The normalized spacial score (nSPS) is 13.8. The fourth-order valence-corrected chi connectivity index (χ4v) is 1.93. The van der Waals surface area contributed by atoms with Gasteiger partial charge in [-0.3, -0.25) is 0 Å². The van der Waals surface area contributed by atoms with Crippen molar-refractivity contribution in [3.8, 4) is 11.6 Å². The van der Waals surface area contributed by atoms with E-state index in [1.165, 1.54) is 0 Å². The van der Waals surface area contributed by atoms with Gasteiger partial charge in [0.05, 0.1) is 6.26 Å². The van der Waals surface area contributed by atoms with Gasteiger partial charge in [0, 0.05) is 12.5 Å². The highest BCUT2D eigenvalue weighted by Gasteiger charge is 2.19. The van der Waals surface area contributed by atoms with Crippen LogP contribution in [0.25, 0.3) is 11.6 Å². The van der Waals surface area contributed by atoms with Gasteiger partial charge in [-0.2, -0.15) is 4.98 Å². The van der Waals surface area contributed by atoms with Gasteiger partial charge in [0.2, 0.25) is 11.7 Å². The van der Waals surface area contributed by atoms with Crippen molar-refractivity contribution in [3.05, 3.63) is 24.3 Å². The minimum atomic E-state index is 0.0231. The largest absolute Gasteiger partial charge is 0.461 e. The molecule has 5 nitrogen and oxygen atoms in total. The zero-order valence-electron chi connectivity index (χ0n) is 11.0. The maximum Gasteiger partial charge on any atom is 0.238 e. The first kappa shape index (κ1) is 12.8. The van der Waals surface area contributed by atoms with Crippen molar-refractivity contribution in [2.45, 2.75) is 39.7 Å². The molecule has 2 aromatic heterocycles. The van der Waals surface area contributed by atoms with Crippen LogP contribution < -0.4 is 5.73 Å². The van der Waals surface area contributed by atoms with Gasteiger partial charge in [0.15, 0.2) is 5.76 Å². The first-order chi connectivity index (χ1) is 8.44. The Balaban J connectivity index is 1.99. The summed E-state index contributed by atoms with van der Waals surface area (Å²) >= 11 is 0. The van der Waals surface area contributed by atoms with Gasteiger partial charge < -0.3 is 14.7 Å². The van der Waals surface area contributed by atoms with E-state index in [1.807, 2.05) is 0 Å². The smallest absolute Gasteiger partial charge is 0.238 e. The minimum Gasteiger partial charge on any atom is -0.461 e. The summed E-state index contributed by atoms with van der Waals surface area (Å²) in [7, 11) is 0. The summed E-state index contributed by atoms with van der Waals surface area (Å²) in [5.74, 6) is 1.63. The fraction of sp³-hybridized carbons (Fsp3) is 0.538. The molecule has 2 rings (SSSR count). The molecule has 0 aromatic carbocycles. The van der Waals surface area contributed by atoms with Crippen LogP contribution in [0.2, 0.25) is 0 Å². The lowest BCUT2D eigenvalue weighted by atomic mass is 9.87. The average Bonchev–Trinajstić information content (AvgIpc) is 2.82. The maximum atomic E-state index is 6.07. The number of nitrogens with zero attached hydrogens (tertiary/aromatic N) is 2. The van der Waals surface area contributed by atoms with Crippen LogP contribution in [0.1, 0.15) is 33.1 Å². The van der Waals surface area contributed by atoms with Crippen molar-refractivity contribution in [3.63, 3.8) is 0 Å². The molecule has 0 fully saturated rings. The standard InChI is InChI=1S/C13H19N3O2/c1-13(2,3)8-9(14)7-11-15-12(16-18-11)10-5-4-6-17-10/h4-6,9H,7-8,14H2,1-3H3. The Morgan fingerprint density at radius 2 is 2.17 bits per heavy atom. The van der Waals surface area contributed by atoms with E-state index in [0.717, 1.165) is 6.42 Å². The van der Waals surface area contributed by atoms with Crippen molar-refractivity contribution < 1.29 is 8.94 Å². The first-order valence-electron chi connectivity index (χ1n) is 6.06. The van der Waals surface area contributed by atoms with Crippen LogP contribution in [0.4, 0.5) is 0 Å². The number of aromatic nitrogens is 2. The highest BCUT2D eigenvalue weighted by Crippen LogP contribution is 2.22. The molecule has 0 spiro atoms. The van der Waals surface area contributed by atoms with E-state index in [-0.39, 0.29) is 11.5 Å². The van der Waals surface area contributed by atoms with Crippen LogP contribution in [0.15, 0.2) is 27.3 Å². The van der Waals surface area contributed by atoms with Crippen molar-refractivity contribution >= 4 is 0 Å². The summed E-state index contributed by atoms with van der Waals surface area (Å²) in [5.41, 5.74) is 6.27. The van der Waals surface area contributed by atoms with Crippen molar-refractivity contribution in [2.24, 2.45) is 11.1 Å². The van der Waals surface area contributed by atoms with Gasteiger partial charge in [0.25, 0.3) is 0 Å². The Hall–Kier alpha value is -1.62. The lowest BCUT2D eigenvalue weighted by molar-refractivity contribution is 0.313. The Morgan fingerprint density at radius 1 is 1.39 bits per heavy atom. The quantitative estimate of drug-likeness (QED) is 0.901. The predicted molar refractivity (Wildman–Crippen MR) is 67.8 cm³/mol. The molecule has 0 aliphatic carbocycles. The van der Waals surface area contributed by atoms with E-state index in [1.54, 1.807) is 18.4 Å². The summed E-state index contributed by atoms with van der Waals surface area (Å²) < 4.78 is 10.4. The van der Waals surface area contributed by atoms with Crippen molar-refractivity contribution in [1.29, 1.82) is 0 Å². The molecule has 18 heavy (non-hydrogen) atoms. The first-order valence-corrected chi connectivity index (χ1v) is 6.06. The van der Waals surface area contributed by atoms with E-state index in [9.17, 15) is 0 Å². The lowest BCUT2D eigenvalue weighted by Crippen LogP contribution is -2.28. The number of nitrogens with two attached hydrogens (primary N) is 1. The summed E-state index contributed by atoms with van der Waals surface area (Å²) in [6.45, 7) is 6.48. The van der Waals surface area contributed by atoms with E-state index < -0.39 is 0 Å². The Labute approximate surface area is 106 Å². The third kappa shape index (κ3) is 3.43. The predicted octanol–water partition coefficient (Wildman–Crippen LogP) is 2.64.